The molecule has 1 aromatic rings. The zero-order chi connectivity index (χ0) is 15.1. The molecule has 0 aromatic heterocycles. The van der Waals surface area contributed by atoms with Gasteiger partial charge < -0.3 is 15.0 Å². The van der Waals surface area contributed by atoms with E-state index >= 15 is 0 Å². The minimum atomic E-state index is 0.0945. The normalized spacial score (nSPS) is 17.1. The monoisotopic (exact) mass is 290 g/mol. The molecule has 0 aliphatic carbocycles. The van der Waals surface area contributed by atoms with Gasteiger partial charge >= 0.3 is 0 Å². The Morgan fingerprint density at radius 3 is 2.57 bits per heavy atom. The summed E-state index contributed by atoms with van der Waals surface area (Å²) in [5.74, 6) is 1.07. The van der Waals surface area contributed by atoms with E-state index in [-0.39, 0.29) is 11.9 Å². The van der Waals surface area contributed by atoms with Crippen molar-refractivity contribution in [3.05, 3.63) is 29.8 Å². The Labute approximate surface area is 127 Å². The minimum Gasteiger partial charge on any atom is -0.496 e. The molecular formula is C17H26N2O2. The first-order valence-electron chi connectivity index (χ1n) is 7.86. The number of benzene rings is 1. The van der Waals surface area contributed by atoms with E-state index in [2.05, 4.69) is 12.2 Å². The lowest BCUT2D eigenvalue weighted by Crippen LogP contribution is -2.39. The Morgan fingerprint density at radius 2 is 1.90 bits per heavy atom. The van der Waals surface area contributed by atoms with E-state index in [0.29, 0.717) is 6.54 Å². The fourth-order valence-corrected chi connectivity index (χ4v) is 2.81. The molecule has 1 N–H and O–H groups in total. The van der Waals surface area contributed by atoms with Crippen molar-refractivity contribution < 1.29 is 9.53 Å². The van der Waals surface area contributed by atoms with Gasteiger partial charge in [0.1, 0.15) is 5.75 Å². The van der Waals surface area contributed by atoms with Crippen molar-refractivity contribution in [2.45, 2.75) is 38.6 Å². The maximum Gasteiger partial charge on any atom is 0.236 e. The zero-order valence-corrected chi connectivity index (χ0v) is 13.1. The summed E-state index contributed by atoms with van der Waals surface area (Å²) in [4.78, 5) is 14.3. The van der Waals surface area contributed by atoms with Gasteiger partial charge in [0, 0.05) is 24.7 Å². The molecule has 0 radical (unpaired) electrons. The van der Waals surface area contributed by atoms with Gasteiger partial charge in [0.2, 0.25) is 5.91 Å². The lowest BCUT2D eigenvalue weighted by Gasteiger charge is -2.22. The quantitative estimate of drug-likeness (QED) is 0.906. The minimum absolute atomic E-state index is 0.0945. The van der Waals surface area contributed by atoms with E-state index in [1.807, 2.05) is 29.2 Å². The lowest BCUT2D eigenvalue weighted by molar-refractivity contribution is -0.130. The van der Waals surface area contributed by atoms with E-state index < -0.39 is 0 Å². The van der Waals surface area contributed by atoms with Crippen LogP contribution in [-0.4, -0.2) is 37.6 Å². The van der Waals surface area contributed by atoms with E-state index in [1.54, 1.807) is 7.11 Å². The number of ether oxygens (including phenoxy) is 1. The van der Waals surface area contributed by atoms with Crippen molar-refractivity contribution in [1.29, 1.82) is 0 Å². The summed E-state index contributed by atoms with van der Waals surface area (Å²) in [5, 5.41) is 3.32. The summed E-state index contributed by atoms with van der Waals surface area (Å²) in [6, 6.07) is 8.03. The van der Waals surface area contributed by atoms with Crippen molar-refractivity contribution in [2.24, 2.45) is 0 Å². The molecule has 1 aromatic carbocycles. The number of nitrogens with zero attached hydrogens (tertiary/aromatic N) is 1. The van der Waals surface area contributed by atoms with Crippen LogP contribution in [0.1, 0.15) is 44.2 Å². The predicted octanol–water partition coefficient (Wildman–Crippen LogP) is 2.75. The molecule has 0 unspecified atom stereocenters. The Morgan fingerprint density at radius 1 is 1.24 bits per heavy atom. The molecule has 1 saturated heterocycles. The number of methoxy groups -OCH3 is 1. The van der Waals surface area contributed by atoms with Crippen LogP contribution in [0, 0.1) is 0 Å². The van der Waals surface area contributed by atoms with Crippen LogP contribution in [0.5, 0.6) is 5.75 Å². The number of rotatable bonds is 5. The third-order valence-corrected chi connectivity index (χ3v) is 4.12. The zero-order valence-electron chi connectivity index (χ0n) is 13.1. The highest BCUT2D eigenvalue weighted by Gasteiger charge is 2.17. The van der Waals surface area contributed by atoms with E-state index in [9.17, 15) is 4.79 Å². The molecule has 1 heterocycles. The second-order valence-electron chi connectivity index (χ2n) is 5.64. The predicted molar refractivity (Wildman–Crippen MR) is 84.5 cm³/mol. The average molecular weight is 290 g/mol. The highest BCUT2D eigenvalue weighted by molar-refractivity contribution is 5.78. The molecule has 1 aliphatic rings. The average Bonchev–Trinajstić information content (AvgIpc) is 2.81. The Balaban J connectivity index is 1.88. The molecule has 0 saturated carbocycles. The number of nitrogens with one attached hydrogen (secondary N) is 1. The van der Waals surface area contributed by atoms with Gasteiger partial charge in [-0.05, 0) is 25.8 Å². The third-order valence-electron chi connectivity index (χ3n) is 4.12. The first-order chi connectivity index (χ1) is 10.2. The van der Waals surface area contributed by atoms with Gasteiger partial charge in [-0.15, -0.1) is 0 Å². The summed E-state index contributed by atoms with van der Waals surface area (Å²) < 4.78 is 5.37. The van der Waals surface area contributed by atoms with Crippen LogP contribution in [0.4, 0.5) is 0 Å². The second-order valence-corrected chi connectivity index (χ2v) is 5.64. The topological polar surface area (TPSA) is 41.6 Å². The van der Waals surface area contributed by atoms with Gasteiger partial charge in [0.25, 0.3) is 0 Å². The van der Waals surface area contributed by atoms with E-state index in [1.165, 1.54) is 12.8 Å². The smallest absolute Gasteiger partial charge is 0.236 e. The largest absolute Gasteiger partial charge is 0.496 e. The number of hydrogen-bond donors (Lipinski definition) is 1. The Kier molecular flexibility index (Phi) is 6.05. The standard InChI is InChI=1S/C17H26N2O2/c1-14(15-9-5-6-10-16(15)21-2)18-13-17(20)19-11-7-3-4-8-12-19/h5-6,9-10,14,18H,3-4,7-8,11-13H2,1-2H3/t14-/m0/s1. The first-order valence-corrected chi connectivity index (χ1v) is 7.86. The van der Waals surface area contributed by atoms with Crippen molar-refractivity contribution in [1.82, 2.24) is 10.2 Å². The van der Waals surface area contributed by atoms with E-state index in [4.69, 9.17) is 4.74 Å². The number of hydrogen-bond acceptors (Lipinski definition) is 3. The molecule has 1 aliphatic heterocycles. The summed E-state index contributed by atoms with van der Waals surface area (Å²) in [6.45, 7) is 4.26. The van der Waals surface area contributed by atoms with Gasteiger partial charge in [-0.2, -0.15) is 0 Å². The van der Waals surface area contributed by atoms with Crippen LogP contribution < -0.4 is 10.1 Å². The van der Waals surface area contributed by atoms with Crippen LogP contribution >= 0.6 is 0 Å². The Bertz CT molecular complexity index is 454. The molecule has 0 spiro atoms. The molecule has 116 valence electrons. The summed E-state index contributed by atoms with van der Waals surface area (Å²) >= 11 is 0. The summed E-state index contributed by atoms with van der Waals surface area (Å²) in [7, 11) is 1.67. The van der Waals surface area contributed by atoms with Crippen molar-refractivity contribution in [2.75, 3.05) is 26.7 Å². The molecule has 1 amide bonds. The van der Waals surface area contributed by atoms with Crippen molar-refractivity contribution in [3.63, 3.8) is 0 Å². The fourth-order valence-electron chi connectivity index (χ4n) is 2.81. The summed E-state index contributed by atoms with van der Waals surface area (Å²) in [6.07, 6.45) is 4.76. The Hall–Kier alpha value is -1.55. The van der Waals surface area contributed by atoms with Crippen molar-refractivity contribution >= 4 is 5.91 Å². The van der Waals surface area contributed by atoms with Crippen LogP contribution in [0.3, 0.4) is 0 Å². The van der Waals surface area contributed by atoms with E-state index in [0.717, 1.165) is 37.2 Å². The maximum absolute atomic E-state index is 12.3. The molecule has 4 heteroatoms. The highest BCUT2D eigenvalue weighted by atomic mass is 16.5. The van der Waals surface area contributed by atoms with Crippen molar-refractivity contribution in [3.8, 4) is 5.75 Å². The molecule has 0 bridgehead atoms. The van der Waals surface area contributed by atoms with Gasteiger partial charge in [0.15, 0.2) is 0 Å². The number of amides is 1. The van der Waals surface area contributed by atoms with Crippen LogP contribution in [-0.2, 0) is 4.79 Å². The highest BCUT2D eigenvalue weighted by Crippen LogP contribution is 2.24. The molecule has 4 nitrogen and oxygen atoms in total. The lowest BCUT2D eigenvalue weighted by atomic mass is 10.1. The van der Waals surface area contributed by atoms with Gasteiger partial charge in [-0.3, -0.25) is 4.79 Å². The van der Waals surface area contributed by atoms with Gasteiger partial charge in [0.05, 0.1) is 13.7 Å². The van der Waals surface area contributed by atoms with Gasteiger partial charge in [-0.25, -0.2) is 0 Å². The number of likely N-dealkylation sites (tertiary alicyclic amines) is 1. The molecule has 2 rings (SSSR count). The molecular weight excluding hydrogens is 264 g/mol. The summed E-state index contributed by atoms with van der Waals surface area (Å²) in [5.41, 5.74) is 1.09. The molecule has 1 fully saturated rings. The maximum atomic E-state index is 12.3. The van der Waals surface area contributed by atoms with Crippen LogP contribution in [0.25, 0.3) is 0 Å². The first kappa shape index (κ1) is 15.8. The second kappa shape index (κ2) is 8.03. The SMILES string of the molecule is COc1ccccc1[C@H](C)NCC(=O)N1CCCCCC1. The van der Waals surface area contributed by atoms with Gasteiger partial charge in [-0.1, -0.05) is 31.0 Å². The van der Waals surface area contributed by atoms with Crippen LogP contribution in [0.15, 0.2) is 24.3 Å². The molecule has 1 atom stereocenters. The third kappa shape index (κ3) is 4.46. The number of carbonyl (C=O) groups excluding carboxylic acids is 1. The number of para-hydroxylation sites is 1. The van der Waals surface area contributed by atoms with Crippen LogP contribution in [0.2, 0.25) is 0 Å². The fraction of sp³-hybridized carbons (Fsp3) is 0.588. The molecule has 21 heavy (non-hydrogen) atoms. The number of carbonyl (C=O) groups is 1.